The van der Waals surface area contributed by atoms with Crippen molar-refractivity contribution in [2.45, 2.75) is 50.9 Å². The van der Waals surface area contributed by atoms with Crippen LogP contribution in [0.3, 0.4) is 0 Å². The molecule has 0 amide bonds. The van der Waals surface area contributed by atoms with E-state index in [0.29, 0.717) is 19.8 Å². The third-order valence-electron chi connectivity index (χ3n) is 7.15. The number of pyridine rings is 2. The maximum absolute atomic E-state index is 11.8. The van der Waals surface area contributed by atoms with Gasteiger partial charge in [-0.15, -0.1) is 0 Å². The number of benzene rings is 1. The Morgan fingerprint density at radius 2 is 1.95 bits per heavy atom. The second-order valence-corrected chi connectivity index (χ2v) is 9.76. The summed E-state index contributed by atoms with van der Waals surface area (Å²) in [6.07, 6.45) is 9.87. The number of carboxylic acids is 1. The second kappa shape index (κ2) is 10.9. The van der Waals surface area contributed by atoms with Gasteiger partial charge >= 0.3 is 5.97 Å². The van der Waals surface area contributed by atoms with Gasteiger partial charge in [-0.2, -0.15) is 5.10 Å². The van der Waals surface area contributed by atoms with E-state index in [-0.39, 0.29) is 6.42 Å². The third kappa shape index (κ3) is 5.25. The first-order valence-electron chi connectivity index (χ1n) is 13.1. The molecule has 0 spiro atoms. The molecule has 9 nitrogen and oxygen atoms in total. The molecule has 3 aromatic heterocycles. The molecule has 1 unspecified atom stereocenters. The molecule has 1 atom stereocenters. The number of carbonyl (C=O) groups is 1. The quantitative estimate of drug-likeness (QED) is 0.349. The molecule has 0 radical (unpaired) electrons. The van der Waals surface area contributed by atoms with Gasteiger partial charge in [-0.3, -0.25) is 19.4 Å². The fourth-order valence-electron chi connectivity index (χ4n) is 5.26. The van der Waals surface area contributed by atoms with Gasteiger partial charge in [0.1, 0.15) is 5.75 Å². The highest BCUT2D eigenvalue weighted by Gasteiger charge is 2.24. The number of carboxylic acid groups (broad SMARTS) is 1. The molecule has 1 N–H and O–H groups in total. The summed E-state index contributed by atoms with van der Waals surface area (Å²) in [5.41, 5.74) is 5.98. The summed E-state index contributed by atoms with van der Waals surface area (Å²) in [4.78, 5) is 21.0. The molecule has 196 valence electrons. The third-order valence-corrected chi connectivity index (χ3v) is 7.15. The van der Waals surface area contributed by atoms with Gasteiger partial charge in [0.15, 0.2) is 6.29 Å². The lowest BCUT2D eigenvalue weighted by molar-refractivity contribution is -0.137. The average Bonchev–Trinajstić information content (AvgIpc) is 3.62. The summed E-state index contributed by atoms with van der Waals surface area (Å²) in [5, 5.41) is 15.1. The highest BCUT2D eigenvalue weighted by Crippen LogP contribution is 2.31. The van der Waals surface area contributed by atoms with Gasteiger partial charge in [0.05, 0.1) is 44.0 Å². The van der Waals surface area contributed by atoms with Gasteiger partial charge in [0, 0.05) is 41.2 Å². The van der Waals surface area contributed by atoms with E-state index in [4.69, 9.17) is 19.2 Å². The summed E-state index contributed by atoms with van der Waals surface area (Å²) >= 11 is 0. The normalized spacial score (nSPS) is 16.4. The number of aliphatic carboxylic acids is 1. The molecule has 6 rings (SSSR count). The van der Waals surface area contributed by atoms with Crippen LogP contribution in [0.5, 0.6) is 5.75 Å². The van der Waals surface area contributed by atoms with Crippen LogP contribution in [0.4, 0.5) is 0 Å². The van der Waals surface area contributed by atoms with Crippen LogP contribution in [0.15, 0.2) is 55.0 Å². The predicted octanol–water partition coefficient (Wildman–Crippen LogP) is 4.44. The standard InChI is InChI=1S/C29H30N4O5/c34-28(35)15-27(20-13-22(17-30-16-20)29-37-11-12-38-29)33-26-8-7-24(14-21(26)18-31-33)36-10-9-23-6-5-19-3-1-2-4-25(19)32-23/h5-8,13-14,16-18,27,29H,1-4,9-12,15H2,(H,34,35). The summed E-state index contributed by atoms with van der Waals surface area (Å²) in [6.45, 7) is 1.56. The highest BCUT2D eigenvalue weighted by atomic mass is 16.7. The summed E-state index contributed by atoms with van der Waals surface area (Å²) in [7, 11) is 0. The number of hydrogen-bond donors (Lipinski definition) is 1. The summed E-state index contributed by atoms with van der Waals surface area (Å²) in [6, 6.07) is 11.4. The Bertz CT molecular complexity index is 1450. The smallest absolute Gasteiger partial charge is 0.305 e. The van der Waals surface area contributed by atoms with Crippen LogP contribution in [0.2, 0.25) is 0 Å². The number of rotatable bonds is 9. The highest BCUT2D eigenvalue weighted by molar-refractivity contribution is 5.81. The Hall–Kier alpha value is -3.82. The van der Waals surface area contributed by atoms with Gasteiger partial charge in [-0.1, -0.05) is 6.07 Å². The molecule has 9 heteroatoms. The fourth-order valence-corrected chi connectivity index (χ4v) is 5.26. The zero-order chi connectivity index (χ0) is 25.9. The number of fused-ring (bicyclic) bond motifs is 2. The minimum absolute atomic E-state index is 0.139. The van der Waals surface area contributed by atoms with E-state index < -0.39 is 18.3 Å². The first-order valence-corrected chi connectivity index (χ1v) is 13.1. The fraction of sp³-hybridized carbons (Fsp3) is 0.379. The first kappa shape index (κ1) is 24.5. The molecule has 2 aliphatic rings. The van der Waals surface area contributed by atoms with Gasteiger partial charge in [-0.05, 0) is 67.1 Å². The Morgan fingerprint density at radius 3 is 2.82 bits per heavy atom. The van der Waals surface area contributed by atoms with E-state index in [9.17, 15) is 9.90 Å². The van der Waals surface area contributed by atoms with E-state index in [1.807, 2.05) is 24.3 Å². The monoisotopic (exact) mass is 514 g/mol. The molecule has 4 heterocycles. The van der Waals surface area contributed by atoms with Crippen molar-refractivity contribution in [1.82, 2.24) is 19.7 Å². The van der Waals surface area contributed by atoms with Crippen molar-refractivity contribution >= 4 is 16.9 Å². The molecule has 4 aromatic rings. The summed E-state index contributed by atoms with van der Waals surface area (Å²) < 4.78 is 19.0. The van der Waals surface area contributed by atoms with E-state index in [0.717, 1.165) is 52.7 Å². The first-order chi connectivity index (χ1) is 18.6. The van der Waals surface area contributed by atoms with E-state index >= 15 is 0 Å². The lowest BCUT2D eigenvalue weighted by atomic mass is 9.96. The topological polar surface area (TPSA) is 109 Å². The van der Waals surface area contributed by atoms with Crippen molar-refractivity contribution < 1.29 is 24.1 Å². The van der Waals surface area contributed by atoms with Crippen molar-refractivity contribution in [3.8, 4) is 5.75 Å². The number of nitrogens with zero attached hydrogens (tertiary/aromatic N) is 4. The molecule has 0 bridgehead atoms. The largest absolute Gasteiger partial charge is 0.493 e. The van der Waals surface area contributed by atoms with Crippen LogP contribution >= 0.6 is 0 Å². The Kier molecular flexibility index (Phi) is 7.02. The van der Waals surface area contributed by atoms with Crippen LogP contribution in [0.25, 0.3) is 10.9 Å². The maximum Gasteiger partial charge on any atom is 0.305 e. The van der Waals surface area contributed by atoms with Crippen molar-refractivity contribution in [1.29, 1.82) is 0 Å². The van der Waals surface area contributed by atoms with E-state index in [1.165, 1.54) is 24.1 Å². The Balaban J connectivity index is 1.19. The molecule has 0 saturated carbocycles. The molecule has 1 aliphatic carbocycles. The molecule has 1 saturated heterocycles. The molecule has 38 heavy (non-hydrogen) atoms. The van der Waals surface area contributed by atoms with Gasteiger partial charge in [0.25, 0.3) is 0 Å². The van der Waals surface area contributed by atoms with E-state index in [2.05, 4.69) is 22.2 Å². The summed E-state index contributed by atoms with van der Waals surface area (Å²) in [5.74, 6) is -0.183. The van der Waals surface area contributed by atoms with Crippen LogP contribution in [-0.4, -0.2) is 50.6 Å². The minimum atomic E-state index is -0.923. The van der Waals surface area contributed by atoms with Crippen molar-refractivity contribution in [3.63, 3.8) is 0 Å². The average molecular weight is 515 g/mol. The predicted molar refractivity (Wildman–Crippen MR) is 139 cm³/mol. The van der Waals surface area contributed by atoms with Crippen molar-refractivity contribution in [2.75, 3.05) is 19.8 Å². The number of aryl methyl sites for hydroxylation is 2. The lowest BCUT2D eigenvalue weighted by Crippen LogP contribution is -2.17. The molecule has 1 aliphatic heterocycles. The zero-order valence-electron chi connectivity index (χ0n) is 21.1. The van der Waals surface area contributed by atoms with Gasteiger partial charge in [0.2, 0.25) is 0 Å². The van der Waals surface area contributed by atoms with Crippen LogP contribution in [-0.2, 0) is 33.5 Å². The number of ether oxygens (including phenoxy) is 3. The zero-order valence-corrected chi connectivity index (χ0v) is 21.1. The molecule has 1 fully saturated rings. The van der Waals surface area contributed by atoms with Crippen LogP contribution in [0, 0.1) is 0 Å². The van der Waals surface area contributed by atoms with Gasteiger partial charge in [-0.25, -0.2) is 0 Å². The Labute approximate surface area is 220 Å². The molecular formula is C29H30N4O5. The maximum atomic E-state index is 11.8. The minimum Gasteiger partial charge on any atom is -0.493 e. The van der Waals surface area contributed by atoms with Crippen LogP contribution < -0.4 is 4.74 Å². The van der Waals surface area contributed by atoms with Crippen LogP contribution in [0.1, 0.15) is 59.7 Å². The number of aromatic nitrogens is 4. The molecular weight excluding hydrogens is 484 g/mol. The number of hydrogen-bond acceptors (Lipinski definition) is 7. The van der Waals surface area contributed by atoms with Gasteiger partial charge < -0.3 is 19.3 Å². The second-order valence-electron chi connectivity index (χ2n) is 9.76. The lowest BCUT2D eigenvalue weighted by Gasteiger charge is -2.19. The van der Waals surface area contributed by atoms with Crippen molar-refractivity contribution in [3.05, 3.63) is 83.1 Å². The molecule has 1 aromatic carbocycles. The van der Waals surface area contributed by atoms with Crippen molar-refractivity contribution in [2.24, 2.45) is 0 Å². The SMILES string of the molecule is O=C(O)CC(c1cncc(C2OCCO2)c1)n1ncc2cc(OCCc3ccc4c(n3)CCCC4)ccc21. The Morgan fingerprint density at radius 1 is 1.08 bits per heavy atom. The van der Waals surface area contributed by atoms with E-state index in [1.54, 1.807) is 23.3 Å².